The molecular weight excluding hydrogens is 392 g/mol. The summed E-state index contributed by atoms with van der Waals surface area (Å²) in [6, 6.07) is 5.27. The van der Waals surface area contributed by atoms with E-state index in [9.17, 15) is 14.4 Å². The Hall–Kier alpha value is -2.85. The van der Waals surface area contributed by atoms with Crippen molar-refractivity contribution in [3.63, 3.8) is 0 Å². The Bertz CT molecular complexity index is 830. The highest BCUT2D eigenvalue weighted by molar-refractivity contribution is 6.01. The number of anilines is 2. The van der Waals surface area contributed by atoms with E-state index in [-0.39, 0.29) is 31.2 Å². The lowest BCUT2D eigenvalue weighted by molar-refractivity contribution is -0.138. The van der Waals surface area contributed by atoms with Crippen LogP contribution in [-0.2, 0) is 14.3 Å². The third-order valence-corrected chi connectivity index (χ3v) is 5.17. The lowest BCUT2D eigenvalue weighted by Gasteiger charge is -2.40. The number of methoxy groups -OCH3 is 1. The van der Waals surface area contributed by atoms with E-state index < -0.39 is 18.2 Å². The largest absolute Gasteiger partial charge is 0.480 e. The lowest BCUT2D eigenvalue weighted by atomic mass is 9.97. The maximum Gasteiger partial charge on any atom is 0.414 e. The molecular formula is C20H28N4O6. The molecule has 30 heavy (non-hydrogen) atoms. The van der Waals surface area contributed by atoms with Gasteiger partial charge in [0.05, 0.1) is 37.2 Å². The number of fused-ring (bicyclic) bond motifs is 1. The van der Waals surface area contributed by atoms with Crippen LogP contribution in [0.15, 0.2) is 18.2 Å². The fourth-order valence-electron chi connectivity index (χ4n) is 3.85. The molecule has 2 aliphatic rings. The zero-order chi connectivity index (χ0) is 22.0. The van der Waals surface area contributed by atoms with Crippen molar-refractivity contribution in [1.82, 2.24) is 10.4 Å². The summed E-state index contributed by atoms with van der Waals surface area (Å²) in [5, 5.41) is 10.6. The molecule has 2 atom stereocenters. The van der Waals surface area contributed by atoms with Crippen molar-refractivity contribution in [1.29, 1.82) is 0 Å². The minimum Gasteiger partial charge on any atom is -0.480 e. The number of hydrazine groups is 1. The zero-order valence-corrected chi connectivity index (χ0v) is 17.6. The van der Waals surface area contributed by atoms with Crippen LogP contribution in [0.25, 0.3) is 0 Å². The van der Waals surface area contributed by atoms with Crippen molar-refractivity contribution in [3.8, 4) is 0 Å². The first-order valence-corrected chi connectivity index (χ1v) is 9.90. The summed E-state index contributed by atoms with van der Waals surface area (Å²) in [4.78, 5) is 39.2. The summed E-state index contributed by atoms with van der Waals surface area (Å²) in [7, 11) is 1.32. The highest BCUT2D eigenvalue weighted by Crippen LogP contribution is 2.39. The third kappa shape index (κ3) is 4.49. The second kappa shape index (κ2) is 8.88. The second-order valence-corrected chi connectivity index (χ2v) is 7.81. The molecule has 1 saturated heterocycles. The van der Waals surface area contributed by atoms with Crippen molar-refractivity contribution in [2.45, 2.75) is 38.8 Å². The van der Waals surface area contributed by atoms with E-state index in [1.54, 1.807) is 29.8 Å². The van der Waals surface area contributed by atoms with Crippen molar-refractivity contribution < 1.29 is 29.0 Å². The van der Waals surface area contributed by atoms with Gasteiger partial charge in [-0.05, 0) is 38.5 Å². The van der Waals surface area contributed by atoms with E-state index in [2.05, 4.69) is 5.43 Å². The quantitative estimate of drug-likeness (QED) is 0.761. The first-order chi connectivity index (χ1) is 14.2. The van der Waals surface area contributed by atoms with Crippen molar-refractivity contribution in [2.75, 3.05) is 43.1 Å². The molecule has 1 aromatic rings. The maximum atomic E-state index is 12.8. The Morgan fingerprint density at radius 3 is 2.57 bits per heavy atom. The van der Waals surface area contributed by atoms with Crippen LogP contribution in [-0.4, -0.2) is 73.7 Å². The molecule has 1 aromatic carbocycles. The van der Waals surface area contributed by atoms with Gasteiger partial charge in [-0.15, -0.1) is 0 Å². The van der Waals surface area contributed by atoms with Gasteiger partial charge < -0.3 is 14.6 Å². The van der Waals surface area contributed by atoms with Gasteiger partial charge in [-0.25, -0.2) is 14.6 Å². The maximum absolute atomic E-state index is 12.8. The normalized spacial score (nSPS) is 21.5. The Morgan fingerprint density at radius 1 is 1.20 bits per heavy atom. The van der Waals surface area contributed by atoms with Gasteiger partial charge in [-0.3, -0.25) is 20.0 Å². The number of hydrogen-bond donors (Lipinski definition) is 2. The van der Waals surface area contributed by atoms with Gasteiger partial charge in [-0.1, -0.05) is 6.07 Å². The van der Waals surface area contributed by atoms with Gasteiger partial charge in [0.25, 0.3) is 0 Å². The number of amides is 2. The predicted octanol–water partition coefficient (Wildman–Crippen LogP) is 2.00. The number of rotatable bonds is 4. The topological polar surface area (TPSA) is 112 Å². The highest BCUT2D eigenvalue weighted by atomic mass is 16.6. The summed E-state index contributed by atoms with van der Waals surface area (Å²) in [5.74, 6) is -0.859. The molecule has 164 valence electrons. The molecule has 0 saturated carbocycles. The zero-order valence-electron chi connectivity index (χ0n) is 17.6. The van der Waals surface area contributed by atoms with Crippen molar-refractivity contribution in [3.05, 3.63) is 23.8 Å². The van der Waals surface area contributed by atoms with Crippen LogP contribution in [0.3, 0.4) is 0 Å². The molecule has 10 nitrogen and oxygen atoms in total. The molecule has 0 radical (unpaired) electrons. The van der Waals surface area contributed by atoms with Gasteiger partial charge in [-0.2, -0.15) is 0 Å². The molecule has 2 heterocycles. The van der Waals surface area contributed by atoms with E-state index in [0.29, 0.717) is 24.5 Å². The fraction of sp³-hybridized carbons (Fsp3) is 0.550. The monoisotopic (exact) mass is 420 g/mol. The van der Waals surface area contributed by atoms with E-state index in [1.807, 2.05) is 19.1 Å². The van der Waals surface area contributed by atoms with E-state index >= 15 is 0 Å². The summed E-state index contributed by atoms with van der Waals surface area (Å²) >= 11 is 0. The van der Waals surface area contributed by atoms with E-state index in [4.69, 9.17) is 14.6 Å². The van der Waals surface area contributed by atoms with Gasteiger partial charge in [0.2, 0.25) is 0 Å². The first-order valence-electron chi connectivity index (χ1n) is 9.90. The number of benzene rings is 1. The third-order valence-electron chi connectivity index (χ3n) is 5.17. The molecule has 0 aliphatic carbocycles. The standard InChI is InChI=1S/C20H28N4O6/c1-12(2)30-19(27)23-9-13(3)24(20(28)29-4)16-6-5-14(7-17(16)23)15-8-21-22(10-15)11-18(25)26/h5-7,12-13,15,21H,8-11H2,1-4H3,(H,25,26)/t13-,15?/m0/s1. The Labute approximate surface area is 175 Å². The first kappa shape index (κ1) is 21.8. The average Bonchev–Trinajstić information content (AvgIpc) is 3.13. The molecule has 3 rings (SSSR count). The average molecular weight is 420 g/mol. The molecule has 1 unspecified atom stereocenters. The van der Waals surface area contributed by atoms with Crippen LogP contribution in [0.4, 0.5) is 21.0 Å². The predicted molar refractivity (Wildman–Crippen MR) is 110 cm³/mol. The summed E-state index contributed by atoms with van der Waals surface area (Å²) in [6.07, 6.45) is -1.25. The SMILES string of the molecule is COC(=O)N1c2ccc(C3CNN(CC(=O)O)C3)cc2N(C(=O)OC(C)C)C[C@@H]1C. The summed E-state index contributed by atoms with van der Waals surface area (Å²) in [5.41, 5.74) is 5.16. The molecule has 0 aromatic heterocycles. The second-order valence-electron chi connectivity index (χ2n) is 7.81. The number of carbonyl (C=O) groups is 3. The van der Waals surface area contributed by atoms with E-state index in [0.717, 1.165) is 5.56 Å². The molecule has 0 spiro atoms. The van der Waals surface area contributed by atoms with Gasteiger partial charge in [0, 0.05) is 19.0 Å². The van der Waals surface area contributed by atoms with Crippen molar-refractivity contribution >= 4 is 29.5 Å². The minimum absolute atomic E-state index is 0.0449. The number of carbonyl (C=O) groups excluding carboxylic acids is 2. The number of carboxylic acid groups (broad SMARTS) is 1. The summed E-state index contributed by atoms with van der Waals surface area (Å²) < 4.78 is 10.3. The lowest BCUT2D eigenvalue weighted by Crippen LogP contribution is -2.52. The molecule has 2 N–H and O–H groups in total. The number of nitrogens with zero attached hydrogens (tertiary/aromatic N) is 3. The Kier molecular flexibility index (Phi) is 6.47. The van der Waals surface area contributed by atoms with Crippen molar-refractivity contribution in [2.24, 2.45) is 0 Å². The minimum atomic E-state index is -0.904. The Balaban J connectivity index is 1.95. The fourth-order valence-corrected chi connectivity index (χ4v) is 3.85. The number of aliphatic carboxylic acids is 1. The van der Waals surface area contributed by atoms with Gasteiger partial charge in [0.1, 0.15) is 6.54 Å². The summed E-state index contributed by atoms with van der Waals surface area (Å²) in [6.45, 7) is 6.69. The van der Waals surface area contributed by atoms with Crippen LogP contribution in [0.1, 0.15) is 32.3 Å². The van der Waals surface area contributed by atoms with Gasteiger partial charge >= 0.3 is 18.2 Å². The molecule has 0 bridgehead atoms. The molecule has 2 aliphatic heterocycles. The molecule has 1 fully saturated rings. The number of hydrogen-bond acceptors (Lipinski definition) is 7. The van der Waals surface area contributed by atoms with Crippen LogP contribution in [0.5, 0.6) is 0 Å². The smallest absolute Gasteiger partial charge is 0.414 e. The number of nitrogens with one attached hydrogen (secondary N) is 1. The molecule has 2 amide bonds. The van der Waals surface area contributed by atoms with Crippen LogP contribution < -0.4 is 15.2 Å². The number of carboxylic acids is 1. The van der Waals surface area contributed by atoms with Gasteiger partial charge in [0.15, 0.2) is 0 Å². The van der Waals surface area contributed by atoms with E-state index in [1.165, 1.54) is 12.0 Å². The highest BCUT2D eigenvalue weighted by Gasteiger charge is 2.37. The number of ether oxygens (including phenoxy) is 2. The Morgan fingerprint density at radius 2 is 1.93 bits per heavy atom. The van der Waals surface area contributed by atoms with Crippen LogP contribution in [0, 0.1) is 0 Å². The molecule has 10 heteroatoms. The van der Waals surface area contributed by atoms with Crippen LogP contribution >= 0.6 is 0 Å². The van der Waals surface area contributed by atoms with Crippen LogP contribution in [0.2, 0.25) is 0 Å².